The van der Waals surface area contributed by atoms with Crippen LogP contribution in [0.15, 0.2) is 35.7 Å². The Morgan fingerprint density at radius 1 is 1.11 bits per heavy atom. The molecule has 0 spiro atoms. The lowest BCUT2D eigenvalue weighted by Crippen LogP contribution is -2.10. The molecule has 1 heterocycles. The van der Waals surface area contributed by atoms with Crippen LogP contribution in [0.2, 0.25) is 0 Å². The van der Waals surface area contributed by atoms with Gasteiger partial charge in [0, 0.05) is 11.4 Å². The van der Waals surface area contributed by atoms with E-state index in [1.807, 2.05) is 17.5 Å². The molecule has 0 aliphatic heterocycles. The van der Waals surface area contributed by atoms with E-state index < -0.39 is 0 Å². The minimum absolute atomic E-state index is 0.144. The first-order valence-corrected chi connectivity index (χ1v) is 6.69. The minimum atomic E-state index is 0.144. The number of ether oxygens (including phenoxy) is 1. The molecule has 2 nitrogen and oxygen atoms in total. The predicted octanol–water partition coefficient (Wildman–Crippen LogP) is 4.65. The van der Waals surface area contributed by atoms with E-state index >= 15 is 0 Å². The van der Waals surface area contributed by atoms with E-state index in [0.29, 0.717) is 10.6 Å². The molecular formula is C15H16O2S. The quantitative estimate of drug-likeness (QED) is 0.751. The van der Waals surface area contributed by atoms with E-state index in [9.17, 15) is 4.79 Å². The number of hydrogen-bond donors (Lipinski definition) is 0. The van der Waals surface area contributed by atoms with Gasteiger partial charge in [-0.3, -0.25) is 4.79 Å². The maximum Gasteiger partial charge on any atom is 0.160 e. The van der Waals surface area contributed by atoms with Crippen molar-refractivity contribution in [1.29, 1.82) is 0 Å². The van der Waals surface area contributed by atoms with Gasteiger partial charge in [-0.1, -0.05) is 32.9 Å². The Bertz CT molecular complexity index is 532. The van der Waals surface area contributed by atoms with Crippen LogP contribution in [0.3, 0.4) is 0 Å². The normalized spacial score (nSPS) is 11.3. The highest BCUT2D eigenvalue weighted by Gasteiger charge is 2.13. The Hall–Kier alpha value is -1.61. The first kappa shape index (κ1) is 12.8. The smallest absolute Gasteiger partial charge is 0.160 e. The Labute approximate surface area is 111 Å². The fourth-order valence-corrected chi connectivity index (χ4v) is 2.22. The SMILES string of the molecule is CC(C)(C)c1ccc(Oc2csc(C=O)c2)cc1. The third-order valence-electron chi connectivity index (χ3n) is 2.67. The van der Waals surface area contributed by atoms with Gasteiger partial charge in [0.15, 0.2) is 6.29 Å². The summed E-state index contributed by atoms with van der Waals surface area (Å²) in [7, 11) is 0. The van der Waals surface area contributed by atoms with Crippen LogP contribution in [-0.2, 0) is 5.41 Å². The summed E-state index contributed by atoms with van der Waals surface area (Å²) >= 11 is 1.38. The maximum absolute atomic E-state index is 10.6. The van der Waals surface area contributed by atoms with Gasteiger partial charge in [0.25, 0.3) is 0 Å². The molecule has 0 N–H and O–H groups in total. The summed E-state index contributed by atoms with van der Waals surface area (Å²) in [6, 6.07) is 9.80. The number of rotatable bonds is 3. The molecule has 1 aromatic carbocycles. The topological polar surface area (TPSA) is 26.3 Å². The highest BCUT2D eigenvalue weighted by atomic mass is 32.1. The van der Waals surface area contributed by atoms with E-state index in [2.05, 4.69) is 32.9 Å². The fraction of sp³-hybridized carbons (Fsp3) is 0.267. The van der Waals surface area contributed by atoms with E-state index in [0.717, 1.165) is 12.0 Å². The zero-order chi connectivity index (χ0) is 13.2. The lowest BCUT2D eigenvalue weighted by atomic mass is 9.87. The number of hydrogen-bond acceptors (Lipinski definition) is 3. The van der Waals surface area contributed by atoms with Crippen LogP contribution in [-0.4, -0.2) is 6.29 Å². The van der Waals surface area contributed by atoms with Crippen LogP contribution < -0.4 is 4.74 Å². The van der Waals surface area contributed by atoms with Crippen LogP contribution in [0.5, 0.6) is 11.5 Å². The molecule has 18 heavy (non-hydrogen) atoms. The van der Waals surface area contributed by atoms with Gasteiger partial charge in [-0.2, -0.15) is 0 Å². The van der Waals surface area contributed by atoms with E-state index in [4.69, 9.17) is 4.74 Å². The molecule has 94 valence electrons. The average molecular weight is 260 g/mol. The van der Waals surface area contributed by atoms with Crippen LogP contribution >= 0.6 is 11.3 Å². The second-order valence-corrected chi connectivity index (χ2v) is 6.12. The molecule has 2 aromatic rings. The summed E-state index contributed by atoms with van der Waals surface area (Å²) in [5.74, 6) is 1.50. The standard InChI is InChI=1S/C15H16O2S/c1-15(2,3)11-4-6-12(7-5-11)17-13-8-14(9-16)18-10-13/h4-10H,1-3H3. The summed E-state index contributed by atoms with van der Waals surface area (Å²) in [5.41, 5.74) is 1.42. The van der Waals surface area contributed by atoms with Gasteiger partial charge < -0.3 is 4.74 Å². The van der Waals surface area contributed by atoms with Crippen molar-refractivity contribution in [2.45, 2.75) is 26.2 Å². The summed E-state index contributed by atoms with van der Waals surface area (Å²) in [6.45, 7) is 6.54. The van der Waals surface area contributed by atoms with Crippen LogP contribution in [0.1, 0.15) is 36.0 Å². The third-order valence-corrected chi connectivity index (χ3v) is 3.50. The number of aldehydes is 1. The highest BCUT2D eigenvalue weighted by molar-refractivity contribution is 7.11. The van der Waals surface area contributed by atoms with Gasteiger partial charge in [0.2, 0.25) is 0 Å². The largest absolute Gasteiger partial charge is 0.456 e. The molecule has 0 saturated carbocycles. The molecule has 0 aliphatic carbocycles. The van der Waals surface area contributed by atoms with Crippen molar-refractivity contribution < 1.29 is 9.53 Å². The summed E-state index contributed by atoms with van der Waals surface area (Å²) in [6.07, 6.45) is 0.834. The van der Waals surface area contributed by atoms with Gasteiger partial charge in [0.05, 0.1) is 4.88 Å². The minimum Gasteiger partial charge on any atom is -0.456 e. The number of carbonyl (C=O) groups is 1. The van der Waals surface area contributed by atoms with E-state index in [-0.39, 0.29) is 5.41 Å². The van der Waals surface area contributed by atoms with Crippen molar-refractivity contribution in [2.75, 3.05) is 0 Å². The number of benzene rings is 1. The molecule has 3 heteroatoms. The molecule has 0 bridgehead atoms. The van der Waals surface area contributed by atoms with Crippen LogP contribution in [0.4, 0.5) is 0 Å². The third kappa shape index (κ3) is 2.99. The second kappa shape index (κ2) is 4.94. The van der Waals surface area contributed by atoms with Crippen molar-refractivity contribution in [2.24, 2.45) is 0 Å². The molecule has 0 unspecified atom stereocenters. The molecule has 0 fully saturated rings. The van der Waals surface area contributed by atoms with Gasteiger partial charge in [-0.05, 0) is 23.1 Å². The predicted molar refractivity (Wildman–Crippen MR) is 74.9 cm³/mol. The molecule has 2 rings (SSSR count). The van der Waals surface area contributed by atoms with Crippen molar-refractivity contribution in [3.8, 4) is 11.5 Å². The van der Waals surface area contributed by atoms with Crippen molar-refractivity contribution >= 4 is 17.6 Å². The Kier molecular flexibility index (Phi) is 3.53. The van der Waals surface area contributed by atoms with E-state index in [1.165, 1.54) is 16.9 Å². The van der Waals surface area contributed by atoms with Crippen LogP contribution in [0.25, 0.3) is 0 Å². The van der Waals surface area contributed by atoms with Crippen molar-refractivity contribution in [3.05, 3.63) is 46.2 Å². The molecule has 0 atom stereocenters. The van der Waals surface area contributed by atoms with Gasteiger partial charge >= 0.3 is 0 Å². The molecular weight excluding hydrogens is 244 g/mol. The zero-order valence-electron chi connectivity index (χ0n) is 10.8. The molecule has 0 aliphatic rings. The number of thiophene rings is 1. The molecule has 1 aromatic heterocycles. The summed E-state index contributed by atoms with van der Waals surface area (Å²) in [5, 5.41) is 1.83. The average Bonchev–Trinajstić information content (AvgIpc) is 2.76. The Morgan fingerprint density at radius 2 is 1.78 bits per heavy atom. The zero-order valence-corrected chi connectivity index (χ0v) is 11.6. The van der Waals surface area contributed by atoms with Crippen molar-refractivity contribution in [3.63, 3.8) is 0 Å². The molecule has 0 radical (unpaired) electrons. The second-order valence-electron chi connectivity index (χ2n) is 5.18. The van der Waals surface area contributed by atoms with E-state index in [1.54, 1.807) is 6.07 Å². The molecule has 0 amide bonds. The lowest BCUT2D eigenvalue weighted by Gasteiger charge is -2.19. The van der Waals surface area contributed by atoms with Gasteiger partial charge in [0.1, 0.15) is 11.5 Å². The summed E-state index contributed by atoms with van der Waals surface area (Å²) in [4.78, 5) is 11.3. The maximum atomic E-state index is 10.6. The van der Waals surface area contributed by atoms with Gasteiger partial charge in [-0.25, -0.2) is 0 Å². The summed E-state index contributed by atoms with van der Waals surface area (Å²) < 4.78 is 5.68. The first-order valence-electron chi connectivity index (χ1n) is 5.81. The lowest BCUT2D eigenvalue weighted by molar-refractivity contribution is 0.112. The molecule has 0 saturated heterocycles. The monoisotopic (exact) mass is 260 g/mol. The van der Waals surface area contributed by atoms with Crippen molar-refractivity contribution in [1.82, 2.24) is 0 Å². The highest BCUT2D eigenvalue weighted by Crippen LogP contribution is 2.28. The first-order chi connectivity index (χ1) is 8.49. The van der Waals surface area contributed by atoms with Crippen LogP contribution in [0, 0.1) is 0 Å². The Morgan fingerprint density at radius 3 is 2.28 bits per heavy atom. The fourth-order valence-electron chi connectivity index (χ4n) is 1.61. The Balaban J connectivity index is 2.13. The van der Waals surface area contributed by atoms with Gasteiger partial charge in [-0.15, -0.1) is 11.3 Å². The number of carbonyl (C=O) groups excluding carboxylic acids is 1.